The summed E-state index contributed by atoms with van der Waals surface area (Å²) in [5.41, 5.74) is 1.72. The number of nitrogens with one attached hydrogen (secondary N) is 1. The normalized spacial score (nSPS) is 12.0. The minimum Gasteiger partial charge on any atom is -0.467 e. The van der Waals surface area contributed by atoms with Crippen molar-refractivity contribution in [1.29, 1.82) is 0 Å². The maximum Gasteiger partial charge on any atom is 0.251 e. The number of amides is 1. The lowest BCUT2D eigenvalue weighted by atomic mass is 10.1. The molecular formula is C17H17N3O2. The Morgan fingerprint density at radius 1 is 1.27 bits per heavy atom. The van der Waals surface area contributed by atoms with E-state index in [9.17, 15) is 4.79 Å². The van der Waals surface area contributed by atoms with Crippen molar-refractivity contribution in [2.75, 3.05) is 0 Å². The summed E-state index contributed by atoms with van der Waals surface area (Å²) >= 11 is 0. The Morgan fingerprint density at radius 3 is 2.73 bits per heavy atom. The molecule has 0 aliphatic rings. The van der Waals surface area contributed by atoms with E-state index in [2.05, 4.69) is 10.4 Å². The highest BCUT2D eigenvalue weighted by atomic mass is 16.3. The molecule has 1 N–H and O–H groups in total. The molecule has 1 amide bonds. The van der Waals surface area contributed by atoms with Gasteiger partial charge in [0.05, 0.1) is 18.8 Å². The molecule has 1 atom stereocenters. The first-order chi connectivity index (χ1) is 10.7. The molecule has 0 unspecified atom stereocenters. The van der Waals surface area contributed by atoms with Gasteiger partial charge in [0.15, 0.2) is 0 Å². The first kappa shape index (κ1) is 14.1. The van der Waals surface area contributed by atoms with Crippen LogP contribution in [0.15, 0.2) is 65.5 Å². The van der Waals surface area contributed by atoms with E-state index in [0.717, 1.165) is 11.3 Å². The Bertz CT molecular complexity index is 716. The van der Waals surface area contributed by atoms with Crippen LogP contribution in [-0.4, -0.2) is 15.7 Å². The highest BCUT2D eigenvalue weighted by Gasteiger charge is 2.13. The van der Waals surface area contributed by atoms with Gasteiger partial charge in [-0.1, -0.05) is 12.1 Å². The fourth-order valence-electron chi connectivity index (χ4n) is 2.23. The Morgan fingerprint density at radius 2 is 2.09 bits per heavy atom. The zero-order chi connectivity index (χ0) is 15.4. The maximum absolute atomic E-state index is 12.2. The molecule has 0 bridgehead atoms. The van der Waals surface area contributed by atoms with E-state index in [1.807, 2.05) is 60.3 Å². The number of furan rings is 1. The summed E-state index contributed by atoms with van der Waals surface area (Å²) in [4.78, 5) is 12.2. The minimum atomic E-state index is -0.161. The van der Waals surface area contributed by atoms with Gasteiger partial charge in [-0.05, 0) is 42.8 Å². The van der Waals surface area contributed by atoms with Gasteiger partial charge < -0.3 is 9.73 Å². The Labute approximate surface area is 128 Å². The SMILES string of the molecule is C[C@@H](NC(=O)c1ccc(Cn2cccn2)cc1)c1ccco1. The minimum absolute atomic E-state index is 0.116. The molecule has 112 valence electrons. The van der Waals surface area contributed by atoms with Crippen molar-refractivity contribution >= 4 is 5.91 Å². The molecule has 0 saturated carbocycles. The highest BCUT2D eigenvalue weighted by molar-refractivity contribution is 5.94. The lowest BCUT2D eigenvalue weighted by Crippen LogP contribution is -2.26. The van der Waals surface area contributed by atoms with Crippen molar-refractivity contribution < 1.29 is 9.21 Å². The number of benzene rings is 1. The van der Waals surface area contributed by atoms with Crippen molar-refractivity contribution in [3.63, 3.8) is 0 Å². The average Bonchev–Trinajstić information content (AvgIpc) is 3.21. The summed E-state index contributed by atoms with van der Waals surface area (Å²) in [6.45, 7) is 2.58. The zero-order valence-corrected chi connectivity index (χ0v) is 12.3. The van der Waals surface area contributed by atoms with Crippen LogP contribution in [-0.2, 0) is 6.54 Å². The maximum atomic E-state index is 12.2. The molecule has 5 heteroatoms. The third-order valence-electron chi connectivity index (χ3n) is 3.44. The predicted molar refractivity (Wildman–Crippen MR) is 82.4 cm³/mol. The van der Waals surface area contributed by atoms with Crippen molar-refractivity contribution in [3.05, 3.63) is 78.0 Å². The molecule has 2 heterocycles. The molecule has 3 rings (SSSR count). The summed E-state index contributed by atoms with van der Waals surface area (Å²) in [5, 5.41) is 7.08. The van der Waals surface area contributed by atoms with E-state index in [1.165, 1.54) is 0 Å². The molecule has 0 aliphatic heterocycles. The molecule has 0 aliphatic carbocycles. The molecule has 2 aromatic heterocycles. The number of hydrogen-bond acceptors (Lipinski definition) is 3. The lowest BCUT2D eigenvalue weighted by Gasteiger charge is -2.11. The number of rotatable bonds is 5. The molecule has 0 fully saturated rings. The van der Waals surface area contributed by atoms with E-state index in [4.69, 9.17) is 4.42 Å². The summed E-state index contributed by atoms with van der Waals surface area (Å²) < 4.78 is 7.13. The molecule has 0 spiro atoms. The van der Waals surface area contributed by atoms with Crippen molar-refractivity contribution in [3.8, 4) is 0 Å². The molecular weight excluding hydrogens is 278 g/mol. The van der Waals surface area contributed by atoms with Gasteiger partial charge in [-0.3, -0.25) is 9.48 Å². The number of nitrogens with zero attached hydrogens (tertiary/aromatic N) is 2. The smallest absolute Gasteiger partial charge is 0.251 e. The fourth-order valence-corrected chi connectivity index (χ4v) is 2.23. The van der Waals surface area contributed by atoms with Crippen LogP contribution in [0.2, 0.25) is 0 Å². The topological polar surface area (TPSA) is 60.1 Å². The molecule has 3 aromatic rings. The van der Waals surface area contributed by atoms with Gasteiger partial charge in [0.1, 0.15) is 5.76 Å². The van der Waals surface area contributed by atoms with E-state index >= 15 is 0 Å². The molecule has 5 nitrogen and oxygen atoms in total. The van der Waals surface area contributed by atoms with Crippen LogP contribution in [0.4, 0.5) is 0 Å². The largest absolute Gasteiger partial charge is 0.467 e. The summed E-state index contributed by atoms with van der Waals surface area (Å²) in [7, 11) is 0. The van der Waals surface area contributed by atoms with Gasteiger partial charge >= 0.3 is 0 Å². The standard InChI is InChI=1S/C17H17N3O2/c1-13(16-4-2-11-22-16)19-17(21)15-7-5-14(6-8-15)12-20-10-3-9-18-20/h2-11,13H,12H2,1H3,(H,19,21)/t13-/m1/s1. The van der Waals surface area contributed by atoms with Crippen LogP contribution in [0.3, 0.4) is 0 Å². The van der Waals surface area contributed by atoms with Gasteiger partial charge in [-0.2, -0.15) is 5.10 Å². The Hall–Kier alpha value is -2.82. The molecule has 22 heavy (non-hydrogen) atoms. The Kier molecular flexibility index (Phi) is 4.05. The second-order valence-corrected chi connectivity index (χ2v) is 5.11. The first-order valence-electron chi connectivity index (χ1n) is 7.13. The Balaban J connectivity index is 1.63. The fraction of sp³-hybridized carbons (Fsp3) is 0.176. The van der Waals surface area contributed by atoms with Crippen LogP contribution in [0.1, 0.15) is 34.6 Å². The average molecular weight is 295 g/mol. The lowest BCUT2D eigenvalue weighted by molar-refractivity contribution is 0.0935. The summed E-state index contributed by atoms with van der Waals surface area (Å²) in [6, 6.07) is 12.9. The second-order valence-electron chi connectivity index (χ2n) is 5.11. The number of aromatic nitrogens is 2. The van der Waals surface area contributed by atoms with E-state index in [-0.39, 0.29) is 11.9 Å². The number of hydrogen-bond donors (Lipinski definition) is 1. The van der Waals surface area contributed by atoms with E-state index in [1.54, 1.807) is 12.5 Å². The van der Waals surface area contributed by atoms with Gasteiger partial charge in [0.2, 0.25) is 0 Å². The van der Waals surface area contributed by atoms with Crippen LogP contribution < -0.4 is 5.32 Å². The van der Waals surface area contributed by atoms with Crippen LogP contribution in [0.25, 0.3) is 0 Å². The van der Waals surface area contributed by atoms with Crippen LogP contribution >= 0.6 is 0 Å². The van der Waals surface area contributed by atoms with E-state index < -0.39 is 0 Å². The quantitative estimate of drug-likeness (QED) is 0.787. The third kappa shape index (κ3) is 3.25. The van der Waals surface area contributed by atoms with Crippen LogP contribution in [0.5, 0.6) is 0 Å². The van der Waals surface area contributed by atoms with Gasteiger partial charge in [-0.15, -0.1) is 0 Å². The number of carbonyl (C=O) groups excluding carboxylic acids is 1. The molecule has 1 aromatic carbocycles. The van der Waals surface area contributed by atoms with Crippen molar-refractivity contribution in [2.45, 2.75) is 19.5 Å². The molecule has 0 saturated heterocycles. The second kappa shape index (κ2) is 6.30. The van der Waals surface area contributed by atoms with E-state index in [0.29, 0.717) is 12.1 Å². The van der Waals surface area contributed by atoms with Gasteiger partial charge in [-0.25, -0.2) is 0 Å². The van der Waals surface area contributed by atoms with Gasteiger partial charge in [0.25, 0.3) is 5.91 Å². The van der Waals surface area contributed by atoms with Crippen molar-refractivity contribution in [1.82, 2.24) is 15.1 Å². The highest BCUT2D eigenvalue weighted by Crippen LogP contribution is 2.13. The predicted octanol–water partition coefficient (Wildman–Crippen LogP) is 3.02. The number of carbonyl (C=O) groups is 1. The van der Waals surface area contributed by atoms with Gasteiger partial charge in [0, 0.05) is 18.0 Å². The first-order valence-corrected chi connectivity index (χ1v) is 7.13. The zero-order valence-electron chi connectivity index (χ0n) is 12.3. The van der Waals surface area contributed by atoms with Crippen molar-refractivity contribution in [2.24, 2.45) is 0 Å². The third-order valence-corrected chi connectivity index (χ3v) is 3.44. The van der Waals surface area contributed by atoms with Crippen LogP contribution in [0, 0.1) is 0 Å². The summed E-state index contributed by atoms with van der Waals surface area (Å²) in [6.07, 6.45) is 5.26. The monoisotopic (exact) mass is 295 g/mol. The summed E-state index contributed by atoms with van der Waals surface area (Å²) in [5.74, 6) is 0.623. The molecule has 0 radical (unpaired) electrons.